The zero-order valence-corrected chi connectivity index (χ0v) is 12.7. The van der Waals surface area contributed by atoms with Gasteiger partial charge in [-0.15, -0.1) is 6.58 Å². The molecule has 1 aliphatic heterocycles. The van der Waals surface area contributed by atoms with Crippen LogP contribution in [0.1, 0.15) is 11.5 Å². The first-order valence-electron chi connectivity index (χ1n) is 6.32. The van der Waals surface area contributed by atoms with Crippen LogP contribution in [0.4, 0.5) is 0 Å². The van der Waals surface area contributed by atoms with E-state index in [-0.39, 0.29) is 13.2 Å². The van der Waals surface area contributed by atoms with Gasteiger partial charge in [0.1, 0.15) is 12.4 Å². The summed E-state index contributed by atoms with van der Waals surface area (Å²) in [6.07, 6.45) is 1.49. The smallest absolute Gasteiger partial charge is 0.245 e. The molecule has 5 nitrogen and oxygen atoms in total. The van der Waals surface area contributed by atoms with E-state index in [1.54, 1.807) is 18.2 Å². The minimum atomic E-state index is -1.34. The standard InChI is InChI=1S/C15H13BrN2O3/c1-2-5-18-15(20)11(7-17)14(19)12-8-21-13-4-3-9(16)6-10(12)13/h2-4,6,11-12H,1,5,8H2,(H,18,20)/t11-,12+/m1/s1. The van der Waals surface area contributed by atoms with E-state index in [2.05, 4.69) is 27.8 Å². The van der Waals surface area contributed by atoms with Gasteiger partial charge in [0.2, 0.25) is 5.91 Å². The van der Waals surface area contributed by atoms with E-state index in [4.69, 9.17) is 10.00 Å². The number of carbonyl (C=O) groups excluding carboxylic acids is 2. The molecule has 0 bridgehead atoms. The molecular weight excluding hydrogens is 336 g/mol. The Morgan fingerprint density at radius 1 is 1.62 bits per heavy atom. The van der Waals surface area contributed by atoms with Gasteiger partial charge >= 0.3 is 0 Å². The number of fused-ring (bicyclic) bond motifs is 1. The third-order valence-electron chi connectivity index (χ3n) is 3.19. The average Bonchev–Trinajstić information content (AvgIpc) is 2.88. The molecule has 1 heterocycles. The Kier molecular flexibility index (Phi) is 4.76. The van der Waals surface area contributed by atoms with Crippen molar-refractivity contribution in [3.63, 3.8) is 0 Å². The molecule has 0 fully saturated rings. The van der Waals surface area contributed by atoms with Crippen LogP contribution in [0.5, 0.6) is 5.75 Å². The lowest BCUT2D eigenvalue weighted by Crippen LogP contribution is -2.37. The first-order chi connectivity index (χ1) is 10.1. The average molecular weight is 349 g/mol. The molecule has 0 unspecified atom stereocenters. The Balaban J connectivity index is 2.21. The number of amides is 1. The number of Topliss-reactive ketones (excluding diaryl/α,β-unsaturated/α-hetero) is 1. The van der Waals surface area contributed by atoms with Crippen LogP contribution in [0, 0.1) is 17.2 Å². The van der Waals surface area contributed by atoms with Crippen molar-refractivity contribution in [3.05, 3.63) is 40.9 Å². The number of halogens is 1. The second kappa shape index (κ2) is 6.55. The van der Waals surface area contributed by atoms with E-state index < -0.39 is 23.5 Å². The molecule has 21 heavy (non-hydrogen) atoms. The number of ether oxygens (including phenoxy) is 1. The lowest BCUT2D eigenvalue weighted by Gasteiger charge is -2.12. The van der Waals surface area contributed by atoms with Gasteiger partial charge in [0.15, 0.2) is 11.7 Å². The fourth-order valence-corrected chi connectivity index (χ4v) is 2.53. The van der Waals surface area contributed by atoms with Gasteiger partial charge in [-0.1, -0.05) is 22.0 Å². The van der Waals surface area contributed by atoms with Crippen LogP contribution in [0.2, 0.25) is 0 Å². The molecule has 0 saturated carbocycles. The first-order valence-corrected chi connectivity index (χ1v) is 7.12. The molecule has 2 rings (SSSR count). The summed E-state index contributed by atoms with van der Waals surface area (Å²) in [4.78, 5) is 24.3. The third-order valence-corrected chi connectivity index (χ3v) is 3.69. The normalized spacial score (nSPS) is 17.0. The van der Waals surface area contributed by atoms with Gasteiger partial charge in [-0.3, -0.25) is 9.59 Å². The maximum atomic E-state index is 12.5. The maximum absolute atomic E-state index is 12.5. The summed E-state index contributed by atoms with van der Waals surface area (Å²) in [6, 6.07) is 7.11. The SMILES string of the molecule is C=CCNC(=O)[C@H](C#N)C(=O)[C@H]1COc2ccc(Br)cc21. The van der Waals surface area contributed by atoms with Crippen LogP contribution in [0.25, 0.3) is 0 Å². The molecule has 0 radical (unpaired) electrons. The molecule has 0 aliphatic carbocycles. The fourth-order valence-electron chi connectivity index (χ4n) is 2.15. The highest BCUT2D eigenvalue weighted by molar-refractivity contribution is 9.10. The second-order valence-corrected chi connectivity index (χ2v) is 5.46. The Bertz CT molecular complexity index is 636. The molecule has 1 aromatic carbocycles. The zero-order chi connectivity index (χ0) is 15.4. The van der Waals surface area contributed by atoms with Crippen molar-refractivity contribution in [2.45, 2.75) is 5.92 Å². The molecule has 1 aliphatic rings. The molecule has 108 valence electrons. The summed E-state index contributed by atoms with van der Waals surface area (Å²) in [5.41, 5.74) is 0.700. The number of rotatable bonds is 5. The minimum absolute atomic E-state index is 0.150. The lowest BCUT2D eigenvalue weighted by molar-refractivity contribution is -0.132. The van der Waals surface area contributed by atoms with Crippen molar-refractivity contribution in [1.29, 1.82) is 5.26 Å². The Labute approximate surface area is 130 Å². The Morgan fingerprint density at radius 3 is 3.05 bits per heavy atom. The maximum Gasteiger partial charge on any atom is 0.245 e. The highest BCUT2D eigenvalue weighted by Crippen LogP contribution is 2.37. The number of hydrogen-bond donors (Lipinski definition) is 1. The topological polar surface area (TPSA) is 79.2 Å². The van der Waals surface area contributed by atoms with Crippen molar-refractivity contribution < 1.29 is 14.3 Å². The molecule has 2 atom stereocenters. The van der Waals surface area contributed by atoms with E-state index in [0.29, 0.717) is 11.3 Å². The van der Waals surface area contributed by atoms with E-state index in [9.17, 15) is 9.59 Å². The van der Waals surface area contributed by atoms with E-state index in [1.807, 2.05) is 6.07 Å². The van der Waals surface area contributed by atoms with Crippen molar-refractivity contribution in [3.8, 4) is 11.8 Å². The van der Waals surface area contributed by atoms with E-state index >= 15 is 0 Å². The van der Waals surface area contributed by atoms with Gasteiger partial charge in [0.25, 0.3) is 0 Å². The molecule has 1 N–H and O–H groups in total. The number of ketones is 1. The van der Waals surface area contributed by atoms with Crippen LogP contribution in [0.15, 0.2) is 35.3 Å². The predicted molar refractivity (Wildman–Crippen MR) is 79.7 cm³/mol. The summed E-state index contributed by atoms with van der Waals surface area (Å²) in [7, 11) is 0. The summed E-state index contributed by atoms with van der Waals surface area (Å²) < 4.78 is 6.26. The fraction of sp³-hybridized carbons (Fsp3) is 0.267. The van der Waals surface area contributed by atoms with Crippen molar-refractivity contribution in [2.24, 2.45) is 5.92 Å². The number of hydrogen-bond acceptors (Lipinski definition) is 4. The van der Waals surface area contributed by atoms with E-state index in [1.165, 1.54) is 6.08 Å². The second-order valence-electron chi connectivity index (χ2n) is 4.54. The van der Waals surface area contributed by atoms with Crippen molar-refractivity contribution >= 4 is 27.6 Å². The van der Waals surface area contributed by atoms with Crippen LogP contribution >= 0.6 is 15.9 Å². The zero-order valence-electron chi connectivity index (χ0n) is 11.1. The number of nitrogens with one attached hydrogen (secondary N) is 1. The number of nitriles is 1. The third kappa shape index (κ3) is 3.14. The van der Waals surface area contributed by atoms with Gasteiger partial charge in [0, 0.05) is 16.6 Å². The largest absolute Gasteiger partial charge is 0.492 e. The summed E-state index contributed by atoms with van der Waals surface area (Å²) in [5.74, 6) is -2.39. The van der Waals surface area contributed by atoms with E-state index in [0.717, 1.165) is 4.47 Å². The monoisotopic (exact) mass is 348 g/mol. The van der Waals surface area contributed by atoms with Crippen LogP contribution in [-0.4, -0.2) is 24.8 Å². The lowest BCUT2D eigenvalue weighted by atomic mass is 9.89. The van der Waals surface area contributed by atoms with Gasteiger partial charge in [-0.2, -0.15) is 5.26 Å². The molecule has 0 spiro atoms. The first kappa shape index (κ1) is 15.3. The summed E-state index contributed by atoms with van der Waals surface area (Å²) in [6.45, 7) is 3.84. The van der Waals surface area contributed by atoms with Crippen molar-refractivity contribution in [2.75, 3.05) is 13.2 Å². The van der Waals surface area contributed by atoms with Gasteiger partial charge in [0.05, 0.1) is 12.0 Å². The Morgan fingerprint density at radius 2 is 2.38 bits per heavy atom. The molecule has 6 heteroatoms. The highest BCUT2D eigenvalue weighted by atomic mass is 79.9. The predicted octanol–water partition coefficient (Wildman–Crippen LogP) is 1.94. The summed E-state index contributed by atoms with van der Waals surface area (Å²) >= 11 is 3.34. The van der Waals surface area contributed by atoms with Crippen LogP contribution in [-0.2, 0) is 9.59 Å². The minimum Gasteiger partial charge on any atom is -0.492 e. The van der Waals surface area contributed by atoms with Crippen LogP contribution < -0.4 is 10.1 Å². The Hall–Kier alpha value is -2.13. The molecule has 1 amide bonds. The van der Waals surface area contributed by atoms with Gasteiger partial charge in [-0.25, -0.2) is 0 Å². The number of benzene rings is 1. The molecule has 1 aromatic rings. The number of carbonyl (C=O) groups is 2. The van der Waals surface area contributed by atoms with Crippen LogP contribution in [0.3, 0.4) is 0 Å². The molecule has 0 aromatic heterocycles. The highest BCUT2D eigenvalue weighted by Gasteiger charge is 2.38. The molecule has 0 saturated heterocycles. The summed E-state index contributed by atoms with van der Waals surface area (Å²) in [5, 5.41) is 11.6. The number of nitrogens with zero attached hydrogens (tertiary/aromatic N) is 1. The van der Waals surface area contributed by atoms with Crippen molar-refractivity contribution in [1.82, 2.24) is 5.32 Å². The quantitative estimate of drug-likeness (QED) is 0.651. The van der Waals surface area contributed by atoms with Gasteiger partial charge in [-0.05, 0) is 18.2 Å². The molecular formula is C15H13BrN2O3. The van der Waals surface area contributed by atoms with Gasteiger partial charge < -0.3 is 10.1 Å².